The molecule has 0 unspecified atom stereocenters. The number of hydrogen-bond donors (Lipinski definition) is 2. The lowest BCUT2D eigenvalue weighted by atomic mass is 10.4. The van der Waals surface area contributed by atoms with Gasteiger partial charge in [0.2, 0.25) is 5.91 Å². The van der Waals surface area contributed by atoms with Gasteiger partial charge in [-0.1, -0.05) is 13.0 Å². The van der Waals surface area contributed by atoms with E-state index in [4.69, 9.17) is 0 Å². The van der Waals surface area contributed by atoms with Crippen LogP contribution in [0.3, 0.4) is 0 Å². The van der Waals surface area contributed by atoms with Crippen molar-refractivity contribution in [2.24, 2.45) is 0 Å². The second kappa shape index (κ2) is 5.96. The second-order valence-electron chi connectivity index (χ2n) is 2.92. The Balaban J connectivity index is 2.24. The predicted octanol–water partition coefficient (Wildman–Crippen LogP) is 1.02. The molecule has 1 heterocycles. The molecule has 0 saturated carbocycles. The molecule has 0 saturated heterocycles. The van der Waals surface area contributed by atoms with Crippen LogP contribution in [-0.2, 0) is 4.79 Å². The fraction of sp³-hybridized carbons (Fsp3) is 0.400. The van der Waals surface area contributed by atoms with E-state index in [0.29, 0.717) is 0 Å². The highest BCUT2D eigenvalue weighted by Gasteiger charge is 1.98. The monoisotopic (exact) mass is 193 g/mol. The Morgan fingerprint density at radius 1 is 1.50 bits per heavy atom. The fourth-order valence-corrected chi connectivity index (χ4v) is 0.965. The van der Waals surface area contributed by atoms with Crippen molar-refractivity contribution in [1.29, 1.82) is 0 Å². The highest BCUT2D eigenvalue weighted by molar-refractivity contribution is 5.80. The number of hydrogen-bond acceptors (Lipinski definition) is 3. The average molecular weight is 193 g/mol. The summed E-state index contributed by atoms with van der Waals surface area (Å²) >= 11 is 0. The molecule has 0 spiro atoms. The zero-order chi connectivity index (χ0) is 10.2. The van der Waals surface area contributed by atoms with Gasteiger partial charge in [-0.15, -0.1) is 0 Å². The van der Waals surface area contributed by atoms with E-state index < -0.39 is 0 Å². The molecule has 0 radical (unpaired) electrons. The number of aromatic nitrogens is 1. The number of nitrogens with zero attached hydrogens (tertiary/aromatic N) is 1. The second-order valence-corrected chi connectivity index (χ2v) is 2.92. The Bertz CT molecular complexity index is 274. The zero-order valence-corrected chi connectivity index (χ0v) is 8.29. The molecular weight excluding hydrogens is 178 g/mol. The standard InChI is InChI=1S/C10H15N3O/c1-2-6-12-10(14)8-13-9-5-3-4-7-11-9/h3-5,7H,2,6,8H2,1H3,(H,11,13)(H,12,14). The molecule has 4 nitrogen and oxygen atoms in total. The van der Waals surface area contributed by atoms with Gasteiger partial charge >= 0.3 is 0 Å². The molecule has 14 heavy (non-hydrogen) atoms. The minimum atomic E-state index is -0.00231. The molecule has 0 aliphatic heterocycles. The van der Waals surface area contributed by atoms with E-state index in [1.54, 1.807) is 6.20 Å². The summed E-state index contributed by atoms with van der Waals surface area (Å²) < 4.78 is 0. The summed E-state index contributed by atoms with van der Waals surface area (Å²) in [5.41, 5.74) is 0. The number of carbonyl (C=O) groups is 1. The van der Waals surface area contributed by atoms with Gasteiger partial charge in [0.05, 0.1) is 6.54 Å². The molecule has 1 rings (SSSR count). The predicted molar refractivity (Wildman–Crippen MR) is 56.0 cm³/mol. The molecule has 2 N–H and O–H groups in total. The topological polar surface area (TPSA) is 54.0 Å². The minimum absolute atomic E-state index is 0.00231. The highest BCUT2D eigenvalue weighted by Crippen LogP contribution is 1.97. The summed E-state index contributed by atoms with van der Waals surface area (Å²) in [5, 5.41) is 5.70. The summed E-state index contributed by atoms with van der Waals surface area (Å²) in [7, 11) is 0. The van der Waals surface area contributed by atoms with Crippen molar-refractivity contribution in [3.8, 4) is 0 Å². The maximum Gasteiger partial charge on any atom is 0.239 e. The van der Waals surface area contributed by atoms with Gasteiger partial charge < -0.3 is 10.6 Å². The fourth-order valence-electron chi connectivity index (χ4n) is 0.965. The van der Waals surface area contributed by atoms with Crippen LogP contribution in [0.4, 0.5) is 5.82 Å². The molecule has 0 bridgehead atoms. The molecule has 4 heteroatoms. The first-order chi connectivity index (χ1) is 6.83. The Morgan fingerprint density at radius 3 is 3.00 bits per heavy atom. The third-order valence-electron chi connectivity index (χ3n) is 1.67. The Hall–Kier alpha value is -1.58. The summed E-state index contributed by atoms with van der Waals surface area (Å²) in [6.07, 6.45) is 2.64. The van der Waals surface area contributed by atoms with Gasteiger partial charge in [0.15, 0.2) is 0 Å². The van der Waals surface area contributed by atoms with Gasteiger partial charge in [-0.3, -0.25) is 4.79 Å². The van der Waals surface area contributed by atoms with Crippen LogP contribution in [-0.4, -0.2) is 24.0 Å². The number of nitrogens with one attached hydrogen (secondary N) is 2. The first kappa shape index (κ1) is 10.5. The summed E-state index contributed by atoms with van der Waals surface area (Å²) in [4.78, 5) is 15.2. The molecule has 0 aromatic carbocycles. The van der Waals surface area contributed by atoms with Crippen molar-refractivity contribution < 1.29 is 4.79 Å². The highest BCUT2D eigenvalue weighted by atomic mass is 16.1. The number of pyridine rings is 1. The third-order valence-corrected chi connectivity index (χ3v) is 1.67. The minimum Gasteiger partial charge on any atom is -0.361 e. The van der Waals surface area contributed by atoms with Crippen LogP contribution in [0.5, 0.6) is 0 Å². The summed E-state index contributed by atoms with van der Waals surface area (Å²) in [5.74, 6) is 0.719. The van der Waals surface area contributed by atoms with E-state index >= 15 is 0 Å². The van der Waals surface area contributed by atoms with E-state index in [1.807, 2.05) is 25.1 Å². The smallest absolute Gasteiger partial charge is 0.239 e. The lowest BCUT2D eigenvalue weighted by molar-refractivity contribution is -0.119. The number of carbonyl (C=O) groups excluding carboxylic acids is 1. The molecule has 0 aliphatic carbocycles. The Labute approximate surface area is 83.7 Å². The van der Waals surface area contributed by atoms with Crippen LogP contribution in [0, 0.1) is 0 Å². The molecule has 1 amide bonds. The van der Waals surface area contributed by atoms with Gasteiger partial charge in [-0.25, -0.2) is 4.98 Å². The van der Waals surface area contributed by atoms with Crippen molar-refractivity contribution in [3.63, 3.8) is 0 Å². The number of amides is 1. The van der Waals surface area contributed by atoms with E-state index in [0.717, 1.165) is 18.8 Å². The SMILES string of the molecule is CCCNC(=O)CNc1ccccn1. The van der Waals surface area contributed by atoms with E-state index in [1.165, 1.54) is 0 Å². The molecule has 1 aromatic heterocycles. The molecule has 0 fully saturated rings. The van der Waals surface area contributed by atoms with Gasteiger partial charge in [0.1, 0.15) is 5.82 Å². The van der Waals surface area contributed by atoms with Crippen LogP contribution in [0.25, 0.3) is 0 Å². The molecule has 1 aromatic rings. The molecule has 0 atom stereocenters. The van der Waals surface area contributed by atoms with Crippen molar-refractivity contribution in [1.82, 2.24) is 10.3 Å². The van der Waals surface area contributed by atoms with Crippen molar-refractivity contribution in [2.45, 2.75) is 13.3 Å². The van der Waals surface area contributed by atoms with Crippen molar-refractivity contribution >= 4 is 11.7 Å². The van der Waals surface area contributed by atoms with Crippen molar-refractivity contribution in [2.75, 3.05) is 18.4 Å². The summed E-state index contributed by atoms with van der Waals surface area (Å²) in [6.45, 7) is 3.02. The average Bonchev–Trinajstić information content (AvgIpc) is 2.25. The molecular formula is C10H15N3O. The zero-order valence-electron chi connectivity index (χ0n) is 8.29. The lowest BCUT2D eigenvalue weighted by Gasteiger charge is -2.05. The summed E-state index contributed by atoms with van der Waals surface area (Å²) in [6, 6.07) is 5.54. The van der Waals surface area contributed by atoms with E-state index in [2.05, 4.69) is 15.6 Å². The first-order valence-electron chi connectivity index (χ1n) is 4.74. The van der Waals surface area contributed by atoms with Crippen LogP contribution < -0.4 is 10.6 Å². The van der Waals surface area contributed by atoms with Crippen molar-refractivity contribution in [3.05, 3.63) is 24.4 Å². The van der Waals surface area contributed by atoms with Crippen LogP contribution in [0.1, 0.15) is 13.3 Å². The maximum atomic E-state index is 11.2. The quantitative estimate of drug-likeness (QED) is 0.734. The van der Waals surface area contributed by atoms with Gasteiger partial charge in [0.25, 0.3) is 0 Å². The molecule has 0 aliphatic rings. The largest absolute Gasteiger partial charge is 0.361 e. The molecule has 76 valence electrons. The maximum absolute atomic E-state index is 11.2. The van der Waals surface area contributed by atoms with Crippen LogP contribution in [0.2, 0.25) is 0 Å². The van der Waals surface area contributed by atoms with Gasteiger partial charge in [-0.05, 0) is 18.6 Å². The normalized spacial score (nSPS) is 9.50. The lowest BCUT2D eigenvalue weighted by Crippen LogP contribution is -2.30. The van der Waals surface area contributed by atoms with Crippen LogP contribution >= 0.6 is 0 Å². The van der Waals surface area contributed by atoms with Crippen LogP contribution in [0.15, 0.2) is 24.4 Å². The third kappa shape index (κ3) is 3.89. The van der Waals surface area contributed by atoms with Gasteiger partial charge in [0, 0.05) is 12.7 Å². The first-order valence-corrected chi connectivity index (χ1v) is 4.74. The number of anilines is 1. The van der Waals surface area contributed by atoms with E-state index in [9.17, 15) is 4.79 Å². The Kier molecular flexibility index (Phi) is 4.47. The number of rotatable bonds is 5. The Morgan fingerprint density at radius 2 is 2.36 bits per heavy atom. The van der Waals surface area contributed by atoms with Gasteiger partial charge in [-0.2, -0.15) is 0 Å². The van der Waals surface area contributed by atoms with E-state index in [-0.39, 0.29) is 12.5 Å².